The molecule has 6 heteroatoms. The first-order valence-corrected chi connectivity index (χ1v) is 7.81. The zero-order chi connectivity index (χ0) is 17.6. The smallest absolute Gasteiger partial charge is 0.259 e. The molecule has 1 heterocycles. The Morgan fingerprint density at radius 2 is 2.12 bits per heavy atom. The third-order valence-electron chi connectivity index (χ3n) is 3.50. The molecule has 0 saturated carbocycles. The quantitative estimate of drug-likeness (QED) is 0.713. The molecule has 25 heavy (non-hydrogen) atoms. The molecular formula is C19H16FN3O2. The molecule has 0 saturated heterocycles. The van der Waals surface area contributed by atoms with E-state index in [1.54, 1.807) is 24.3 Å². The summed E-state index contributed by atoms with van der Waals surface area (Å²) in [4.78, 5) is 12.2. The summed E-state index contributed by atoms with van der Waals surface area (Å²) in [6.45, 7) is 2.28. The molecule has 126 valence electrons. The molecule has 3 aromatic rings. The van der Waals surface area contributed by atoms with Crippen LogP contribution in [-0.2, 0) is 0 Å². The number of rotatable bonds is 4. The third-order valence-corrected chi connectivity index (χ3v) is 3.50. The fraction of sp³-hybridized carbons (Fsp3) is 0.158. The Labute approximate surface area is 144 Å². The lowest BCUT2D eigenvalue weighted by Gasteiger charge is -2.04. The second kappa shape index (κ2) is 7.49. The Morgan fingerprint density at radius 1 is 1.28 bits per heavy atom. The maximum atomic E-state index is 13.7. The topological polar surface area (TPSA) is 67.0 Å². The van der Waals surface area contributed by atoms with Gasteiger partial charge in [-0.3, -0.25) is 9.89 Å². The molecule has 0 radical (unpaired) electrons. The molecule has 2 N–H and O–H groups in total. The normalized spacial score (nSPS) is 10.2. The molecule has 0 atom stereocenters. The first kappa shape index (κ1) is 16.5. The van der Waals surface area contributed by atoms with Crippen LogP contribution in [0, 0.1) is 17.7 Å². The minimum atomic E-state index is -0.580. The number of carbonyl (C=O) groups excluding carboxylic acids is 1. The lowest BCUT2D eigenvalue weighted by atomic mass is 10.2. The number of halogens is 1. The molecule has 0 aliphatic rings. The SMILES string of the molecule is CCC#CCOc1ccc2c(NC(=O)c3ccccc3F)n[nH]c2c1. The summed E-state index contributed by atoms with van der Waals surface area (Å²) in [5.74, 6) is 5.67. The van der Waals surface area contributed by atoms with Crippen LogP contribution in [0.25, 0.3) is 10.9 Å². The van der Waals surface area contributed by atoms with Gasteiger partial charge >= 0.3 is 0 Å². The van der Waals surface area contributed by atoms with Gasteiger partial charge in [-0.05, 0) is 24.3 Å². The Hall–Kier alpha value is -3.33. The highest BCUT2D eigenvalue weighted by Gasteiger charge is 2.14. The van der Waals surface area contributed by atoms with Crippen LogP contribution < -0.4 is 10.1 Å². The van der Waals surface area contributed by atoms with Gasteiger partial charge in [-0.25, -0.2) is 4.39 Å². The van der Waals surface area contributed by atoms with Crippen molar-refractivity contribution in [3.8, 4) is 17.6 Å². The van der Waals surface area contributed by atoms with Crippen molar-refractivity contribution in [2.24, 2.45) is 0 Å². The highest BCUT2D eigenvalue weighted by atomic mass is 19.1. The van der Waals surface area contributed by atoms with Crippen LogP contribution in [0.1, 0.15) is 23.7 Å². The second-order valence-electron chi connectivity index (χ2n) is 5.21. The second-order valence-corrected chi connectivity index (χ2v) is 5.21. The predicted octanol–water partition coefficient (Wildman–Crippen LogP) is 3.75. The van der Waals surface area contributed by atoms with Crippen molar-refractivity contribution in [3.63, 3.8) is 0 Å². The third kappa shape index (κ3) is 3.78. The zero-order valence-electron chi connectivity index (χ0n) is 13.6. The Balaban J connectivity index is 1.77. The first-order chi connectivity index (χ1) is 12.2. The van der Waals surface area contributed by atoms with Crippen molar-refractivity contribution in [2.75, 3.05) is 11.9 Å². The van der Waals surface area contributed by atoms with Gasteiger partial charge in [0.2, 0.25) is 0 Å². The van der Waals surface area contributed by atoms with Crippen molar-refractivity contribution in [3.05, 3.63) is 53.8 Å². The Kier molecular flexibility index (Phi) is 4.95. The monoisotopic (exact) mass is 337 g/mol. The maximum absolute atomic E-state index is 13.7. The van der Waals surface area contributed by atoms with Crippen LogP contribution in [0.15, 0.2) is 42.5 Å². The van der Waals surface area contributed by atoms with Crippen molar-refractivity contribution >= 4 is 22.6 Å². The average molecular weight is 337 g/mol. The number of carbonyl (C=O) groups is 1. The van der Waals surface area contributed by atoms with E-state index in [0.29, 0.717) is 29.1 Å². The molecule has 1 aromatic heterocycles. The van der Waals surface area contributed by atoms with Crippen molar-refractivity contribution < 1.29 is 13.9 Å². The molecule has 1 amide bonds. The number of nitrogens with zero attached hydrogens (tertiary/aromatic N) is 1. The van der Waals surface area contributed by atoms with E-state index in [1.807, 2.05) is 6.92 Å². The molecule has 0 aliphatic carbocycles. The standard InChI is InChI=1S/C19H16FN3O2/c1-2-3-6-11-25-13-9-10-15-17(12-13)22-23-18(15)21-19(24)14-7-4-5-8-16(14)20/h4-5,7-10,12H,2,11H2,1H3,(H2,21,22,23,24). The number of ether oxygens (including phenoxy) is 1. The van der Waals surface area contributed by atoms with E-state index in [9.17, 15) is 9.18 Å². The van der Waals surface area contributed by atoms with E-state index >= 15 is 0 Å². The summed E-state index contributed by atoms with van der Waals surface area (Å²) in [6.07, 6.45) is 0.786. The van der Waals surface area contributed by atoms with Crippen LogP contribution in [0.5, 0.6) is 5.75 Å². The molecule has 0 spiro atoms. The molecular weight excluding hydrogens is 321 g/mol. The molecule has 0 fully saturated rings. The lowest BCUT2D eigenvalue weighted by molar-refractivity contribution is 0.102. The van der Waals surface area contributed by atoms with E-state index in [4.69, 9.17) is 4.74 Å². The van der Waals surface area contributed by atoms with Gasteiger partial charge in [0.1, 0.15) is 18.2 Å². The maximum Gasteiger partial charge on any atom is 0.259 e. The number of benzene rings is 2. The van der Waals surface area contributed by atoms with Crippen molar-refractivity contribution in [1.29, 1.82) is 0 Å². The number of H-pyrrole nitrogens is 1. The zero-order valence-corrected chi connectivity index (χ0v) is 13.6. The summed E-state index contributed by atoms with van der Waals surface area (Å²) in [6, 6.07) is 11.1. The Morgan fingerprint density at radius 3 is 2.92 bits per heavy atom. The number of hydrogen-bond donors (Lipinski definition) is 2. The summed E-state index contributed by atoms with van der Waals surface area (Å²) in [5, 5.41) is 10.2. The first-order valence-electron chi connectivity index (χ1n) is 7.81. The fourth-order valence-corrected chi connectivity index (χ4v) is 2.30. The van der Waals surface area contributed by atoms with Gasteiger partial charge in [0.05, 0.1) is 11.1 Å². The fourth-order valence-electron chi connectivity index (χ4n) is 2.30. The van der Waals surface area contributed by atoms with Crippen molar-refractivity contribution in [2.45, 2.75) is 13.3 Å². The van der Waals surface area contributed by atoms with Gasteiger partial charge in [-0.2, -0.15) is 5.10 Å². The summed E-state index contributed by atoms with van der Waals surface area (Å²) in [7, 11) is 0. The number of aromatic amines is 1. The largest absolute Gasteiger partial charge is 0.481 e. The highest BCUT2D eigenvalue weighted by molar-refractivity contribution is 6.08. The van der Waals surface area contributed by atoms with E-state index < -0.39 is 11.7 Å². The van der Waals surface area contributed by atoms with Crippen LogP contribution >= 0.6 is 0 Å². The van der Waals surface area contributed by atoms with E-state index in [-0.39, 0.29) is 5.56 Å². The number of anilines is 1. The van der Waals surface area contributed by atoms with Gasteiger partial charge < -0.3 is 10.1 Å². The van der Waals surface area contributed by atoms with Crippen LogP contribution in [-0.4, -0.2) is 22.7 Å². The molecule has 5 nitrogen and oxygen atoms in total. The van der Waals surface area contributed by atoms with Gasteiger partial charge in [-0.1, -0.05) is 25.0 Å². The van der Waals surface area contributed by atoms with Gasteiger partial charge in [0, 0.05) is 17.9 Å². The number of aromatic nitrogens is 2. The summed E-state index contributed by atoms with van der Waals surface area (Å²) >= 11 is 0. The lowest BCUT2D eigenvalue weighted by Crippen LogP contribution is -2.14. The van der Waals surface area contributed by atoms with Crippen LogP contribution in [0.3, 0.4) is 0 Å². The van der Waals surface area contributed by atoms with Gasteiger partial charge in [-0.15, -0.1) is 5.92 Å². The minimum absolute atomic E-state index is 0.0342. The number of amides is 1. The molecule has 2 aromatic carbocycles. The minimum Gasteiger partial charge on any atom is -0.481 e. The van der Waals surface area contributed by atoms with E-state index in [2.05, 4.69) is 27.4 Å². The number of fused-ring (bicyclic) bond motifs is 1. The van der Waals surface area contributed by atoms with Crippen LogP contribution in [0.2, 0.25) is 0 Å². The molecule has 0 bridgehead atoms. The van der Waals surface area contributed by atoms with Crippen LogP contribution in [0.4, 0.5) is 10.2 Å². The van der Waals surface area contributed by atoms with Gasteiger partial charge in [0.15, 0.2) is 5.82 Å². The van der Waals surface area contributed by atoms with E-state index in [1.165, 1.54) is 18.2 Å². The van der Waals surface area contributed by atoms with Crippen molar-refractivity contribution in [1.82, 2.24) is 10.2 Å². The van der Waals surface area contributed by atoms with Gasteiger partial charge in [0.25, 0.3) is 5.91 Å². The summed E-state index contributed by atoms with van der Waals surface area (Å²) in [5.41, 5.74) is 0.665. The van der Waals surface area contributed by atoms with E-state index in [0.717, 1.165) is 6.42 Å². The predicted molar refractivity (Wildman–Crippen MR) is 94.0 cm³/mol. The number of hydrogen-bond acceptors (Lipinski definition) is 3. The molecule has 3 rings (SSSR count). The highest BCUT2D eigenvalue weighted by Crippen LogP contribution is 2.25. The Bertz CT molecular complexity index is 969. The average Bonchev–Trinajstić information content (AvgIpc) is 3.01. The number of nitrogens with one attached hydrogen (secondary N) is 2. The molecule has 0 aliphatic heterocycles. The summed E-state index contributed by atoms with van der Waals surface area (Å²) < 4.78 is 19.2. The molecule has 0 unspecified atom stereocenters.